The maximum atomic E-state index is 11.2. The van der Waals surface area contributed by atoms with Crippen molar-refractivity contribution in [3.63, 3.8) is 0 Å². The molecule has 152 valence electrons. The Bertz CT molecular complexity index is 498. The number of nitrogens with zero attached hydrogens (tertiary/aromatic N) is 1. The van der Waals surface area contributed by atoms with Crippen molar-refractivity contribution in [2.24, 2.45) is 0 Å². The molecule has 0 bridgehead atoms. The van der Waals surface area contributed by atoms with Crippen molar-refractivity contribution < 1.29 is 39.5 Å². The lowest BCUT2D eigenvalue weighted by Gasteiger charge is -2.28. The molecule has 0 amide bonds. The number of alkyl halides is 5. The van der Waals surface area contributed by atoms with E-state index in [9.17, 15) is 34.9 Å². The zero-order valence-electron chi connectivity index (χ0n) is 14.8. The summed E-state index contributed by atoms with van der Waals surface area (Å²) in [5.41, 5.74) is 1.35. The van der Waals surface area contributed by atoms with E-state index in [2.05, 4.69) is 42.9 Å². The largest absolute Gasteiger partial charge is 0.558 e. The minimum atomic E-state index is -7.21. The predicted octanol–water partition coefficient (Wildman–Crippen LogP) is 6.21. The van der Waals surface area contributed by atoms with Gasteiger partial charge in [-0.2, -0.15) is 13.2 Å². The summed E-state index contributed by atoms with van der Waals surface area (Å²) in [4.78, 5) is 0. The normalized spacial score (nSPS) is 12.5. The van der Waals surface area contributed by atoms with E-state index >= 15 is 0 Å². The molecule has 1 heterocycles. The molecule has 0 fully saturated rings. The van der Waals surface area contributed by atoms with Crippen molar-refractivity contribution >= 4 is 6.98 Å². The number of hydrogen-bond acceptors (Lipinski definition) is 0. The van der Waals surface area contributed by atoms with Gasteiger partial charge in [0.25, 0.3) is 0 Å². The summed E-state index contributed by atoms with van der Waals surface area (Å²) in [6.45, 7) is -1.62. The maximum Gasteiger partial charge on any atom is 0.558 e. The fourth-order valence-corrected chi connectivity index (χ4v) is 2.05. The average Bonchev–Trinajstić information content (AvgIpc) is 2.49. The van der Waals surface area contributed by atoms with Crippen LogP contribution in [0.15, 0.2) is 24.5 Å². The predicted molar refractivity (Wildman–Crippen MR) is 84.8 cm³/mol. The highest BCUT2D eigenvalue weighted by Gasteiger charge is 2.69. The second kappa shape index (κ2) is 10.7. The molecule has 0 aromatic carbocycles. The van der Waals surface area contributed by atoms with Gasteiger partial charge in [-0.3, -0.25) is 0 Å². The first kappa shape index (κ1) is 24.7. The Morgan fingerprint density at radius 2 is 1.46 bits per heavy atom. The minimum Gasteiger partial charge on any atom is -0.445 e. The van der Waals surface area contributed by atoms with E-state index in [4.69, 9.17) is 0 Å². The molecular formula is C16H24BF8N. The van der Waals surface area contributed by atoms with Crippen LogP contribution in [0.3, 0.4) is 0 Å². The molecule has 0 aliphatic carbocycles. The molecule has 0 saturated carbocycles. The lowest BCUT2D eigenvalue weighted by atomic mass is 9.80. The SMILES string of the molecule is CCCCCCCC[n+]1cccc(C)c1.F[B-](F)(F)C(F)(F)C(F)(F)F. The summed E-state index contributed by atoms with van der Waals surface area (Å²) < 4.78 is 90.1. The Balaban J connectivity index is 0.000000508. The van der Waals surface area contributed by atoms with Gasteiger partial charge in [-0.25, -0.2) is 13.3 Å². The monoisotopic (exact) mass is 393 g/mol. The van der Waals surface area contributed by atoms with Gasteiger partial charge in [-0.15, -0.1) is 0 Å². The summed E-state index contributed by atoms with van der Waals surface area (Å²) in [7, 11) is 0. The Morgan fingerprint density at radius 3 is 1.88 bits per heavy atom. The van der Waals surface area contributed by atoms with Crippen molar-refractivity contribution in [2.45, 2.75) is 70.9 Å². The zero-order valence-corrected chi connectivity index (χ0v) is 14.8. The second-order valence-electron chi connectivity index (χ2n) is 6.08. The van der Waals surface area contributed by atoms with E-state index in [-0.39, 0.29) is 0 Å². The summed E-state index contributed by atoms with van der Waals surface area (Å²) in [5, 5.41) is 0. The molecule has 1 nitrogen and oxygen atoms in total. The number of pyridine rings is 1. The van der Waals surface area contributed by atoms with E-state index in [1.165, 1.54) is 50.6 Å². The molecule has 1 aromatic rings. The summed E-state index contributed by atoms with van der Waals surface area (Å²) in [6.07, 6.45) is 6.09. The van der Waals surface area contributed by atoms with Gasteiger partial charge in [0.1, 0.15) is 6.54 Å². The molecule has 1 rings (SSSR count). The van der Waals surface area contributed by atoms with Crippen LogP contribution < -0.4 is 4.57 Å². The third-order valence-corrected chi connectivity index (χ3v) is 3.57. The maximum absolute atomic E-state index is 11.2. The molecule has 0 N–H and O–H groups in total. The first-order valence-electron chi connectivity index (χ1n) is 8.42. The molecule has 0 unspecified atom stereocenters. The van der Waals surface area contributed by atoms with Gasteiger partial charge in [0.05, 0.1) is 0 Å². The van der Waals surface area contributed by atoms with Crippen LogP contribution in [-0.2, 0) is 6.54 Å². The van der Waals surface area contributed by atoms with E-state index in [0.29, 0.717) is 0 Å². The van der Waals surface area contributed by atoms with E-state index in [1.807, 2.05) is 0 Å². The molecule has 0 atom stereocenters. The highest BCUT2D eigenvalue weighted by atomic mass is 19.4. The first-order chi connectivity index (χ1) is 11.8. The minimum absolute atomic E-state index is 1.17. The second-order valence-corrected chi connectivity index (χ2v) is 6.08. The van der Waals surface area contributed by atoms with Gasteiger partial charge in [0, 0.05) is 18.1 Å². The zero-order chi connectivity index (χ0) is 20.4. The number of hydrogen-bond donors (Lipinski definition) is 0. The van der Waals surface area contributed by atoms with Crippen LogP contribution >= 0.6 is 0 Å². The third kappa shape index (κ3) is 8.85. The average molecular weight is 393 g/mol. The summed E-state index contributed by atoms with van der Waals surface area (Å²) >= 11 is 0. The Morgan fingerprint density at radius 1 is 0.923 bits per heavy atom. The third-order valence-electron chi connectivity index (χ3n) is 3.57. The van der Waals surface area contributed by atoms with Gasteiger partial charge in [-0.1, -0.05) is 32.6 Å². The van der Waals surface area contributed by atoms with E-state index in [0.717, 1.165) is 0 Å². The summed E-state index contributed by atoms with van der Waals surface area (Å²) in [6, 6.07) is 4.28. The molecule has 10 heteroatoms. The van der Waals surface area contributed by atoms with Gasteiger partial charge in [-0.05, 0) is 19.4 Å². The van der Waals surface area contributed by atoms with Crippen LogP contribution in [-0.4, -0.2) is 19.0 Å². The molecule has 0 aliphatic heterocycles. The lowest BCUT2D eigenvalue weighted by Crippen LogP contribution is -2.53. The van der Waals surface area contributed by atoms with Crippen LogP contribution in [0, 0.1) is 6.92 Å². The standard InChI is InChI=1S/C14H24N.C2BF8/c1-3-4-5-6-7-8-11-15-12-9-10-14(2)13-15;4-1(5,2(6,7)8)3(9,10)11/h9-10,12-13H,3-8,11H2,1-2H3;/q+1;-1. The van der Waals surface area contributed by atoms with Gasteiger partial charge in [0.15, 0.2) is 12.4 Å². The quantitative estimate of drug-likeness (QED) is 0.214. The van der Waals surface area contributed by atoms with Crippen LogP contribution in [0.4, 0.5) is 34.9 Å². The van der Waals surface area contributed by atoms with Gasteiger partial charge >= 0.3 is 19.0 Å². The fourth-order valence-electron chi connectivity index (χ4n) is 2.05. The highest BCUT2D eigenvalue weighted by Crippen LogP contribution is 2.43. The van der Waals surface area contributed by atoms with Crippen molar-refractivity contribution in [2.75, 3.05) is 0 Å². The molecule has 1 aromatic heterocycles. The van der Waals surface area contributed by atoms with Crippen molar-refractivity contribution in [3.05, 3.63) is 30.1 Å². The molecule has 0 spiro atoms. The molecule has 0 aliphatic rings. The molecule has 0 radical (unpaired) electrons. The number of rotatable bonds is 8. The fraction of sp³-hybridized carbons (Fsp3) is 0.688. The Hall–Kier alpha value is -1.35. The van der Waals surface area contributed by atoms with E-state index in [1.54, 1.807) is 0 Å². The Labute approximate surface area is 148 Å². The van der Waals surface area contributed by atoms with Crippen molar-refractivity contribution in [3.8, 4) is 0 Å². The topological polar surface area (TPSA) is 3.88 Å². The van der Waals surface area contributed by atoms with Crippen LogP contribution in [0.25, 0.3) is 0 Å². The molecule has 26 heavy (non-hydrogen) atoms. The first-order valence-corrected chi connectivity index (χ1v) is 8.42. The molecule has 0 saturated heterocycles. The van der Waals surface area contributed by atoms with Crippen LogP contribution in [0.2, 0.25) is 0 Å². The van der Waals surface area contributed by atoms with Crippen LogP contribution in [0.5, 0.6) is 0 Å². The van der Waals surface area contributed by atoms with Crippen LogP contribution in [0.1, 0.15) is 51.0 Å². The number of unbranched alkanes of at least 4 members (excludes halogenated alkanes) is 5. The van der Waals surface area contributed by atoms with E-state index < -0.39 is 19.0 Å². The van der Waals surface area contributed by atoms with Crippen molar-refractivity contribution in [1.82, 2.24) is 0 Å². The highest BCUT2D eigenvalue weighted by molar-refractivity contribution is 6.61. The number of aromatic nitrogens is 1. The van der Waals surface area contributed by atoms with Crippen molar-refractivity contribution in [1.29, 1.82) is 0 Å². The molecular weight excluding hydrogens is 369 g/mol. The Kier molecular flexibility index (Phi) is 10.2. The lowest BCUT2D eigenvalue weighted by molar-refractivity contribution is -0.697. The number of halogens is 8. The number of aryl methyl sites for hydroxylation is 2. The van der Waals surface area contributed by atoms with Gasteiger partial charge in [0.2, 0.25) is 0 Å². The van der Waals surface area contributed by atoms with Gasteiger partial charge < -0.3 is 12.9 Å². The smallest absolute Gasteiger partial charge is 0.445 e. The summed E-state index contributed by atoms with van der Waals surface area (Å²) in [5.74, 6) is -6.56.